The number of hydrogen-bond acceptors (Lipinski definition) is 5. The molecule has 0 saturated heterocycles. The molecule has 0 fully saturated rings. The summed E-state index contributed by atoms with van der Waals surface area (Å²) < 4.78 is 11.7. The fourth-order valence-corrected chi connectivity index (χ4v) is 2.30. The lowest BCUT2D eigenvalue weighted by molar-refractivity contribution is 0.682. The average molecular weight is 191 g/mol. The highest BCUT2D eigenvalue weighted by Crippen LogP contribution is 2.17. The zero-order valence-electron chi connectivity index (χ0n) is 6.33. The van der Waals surface area contributed by atoms with E-state index in [9.17, 15) is 4.21 Å². The predicted octanol–water partition coefficient (Wildman–Crippen LogP) is 0.707. The summed E-state index contributed by atoms with van der Waals surface area (Å²) in [5, 5.41) is 11.1. The Labute approximate surface area is 71.5 Å². The minimum Gasteiger partial charge on any atom is -0.363 e. The van der Waals surface area contributed by atoms with Gasteiger partial charge in [0.05, 0.1) is 10.8 Å². The van der Waals surface area contributed by atoms with E-state index < -0.39 is 10.8 Å². The van der Waals surface area contributed by atoms with Gasteiger partial charge in [0, 0.05) is 12.8 Å². The molecule has 0 aliphatic carbocycles. The van der Waals surface area contributed by atoms with Crippen molar-refractivity contribution < 1.29 is 4.21 Å². The molecular formula is C5H9N3OS2. The SMILES string of the molecule is CCS(=O)c1nnc(NC)s1. The first-order valence-electron chi connectivity index (χ1n) is 3.17. The molecule has 0 spiro atoms. The van der Waals surface area contributed by atoms with Crippen LogP contribution in [0, 0.1) is 0 Å². The molecule has 1 N–H and O–H groups in total. The fourth-order valence-electron chi connectivity index (χ4n) is 0.526. The van der Waals surface area contributed by atoms with Crippen molar-refractivity contribution in [2.75, 3.05) is 18.1 Å². The monoisotopic (exact) mass is 191 g/mol. The smallest absolute Gasteiger partial charge is 0.206 e. The number of hydrogen-bond donors (Lipinski definition) is 1. The van der Waals surface area contributed by atoms with Crippen molar-refractivity contribution in [3.05, 3.63) is 0 Å². The summed E-state index contributed by atoms with van der Waals surface area (Å²) in [4.78, 5) is 0. The van der Waals surface area contributed by atoms with Crippen LogP contribution in [0.25, 0.3) is 0 Å². The molecule has 1 heterocycles. The maximum atomic E-state index is 11.1. The normalized spacial score (nSPS) is 12.9. The highest BCUT2D eigenvalue weighted by atomic mass is 32.2. The van der Waals surface area contributed by atoms with Gasteiger partial charge in [0.25, 0.3) is 0 Å². The van der Waals surface area contributed by atoms with Crippen LogP contribution in [0.3, 0.4) is 0 Å². The van der Waals surface area contributed by atoms with Gasteiger partial charge in [-0.25, -0.2) is 0 Å². The van der Waals surface area contributed by atoms with E-state index in [2.05, 4.69) is 15.5 Å². The summed E-state index contributed by atoms with van der Waals surface area (Å²) in [6.07, 6.45) is 0. The Hall–Kier alpha value is -0.490. The standard InChI is InChI=1S/C5H9N3OS2/c1-3-11(9)5-8-7-4(6-2)10-5/h3H2,1-2H3,(H,6,7). The van der Waals surface area contributed by atoms with Gasteiger partial charge in [0.15, 0.2) is 0 Å². The minimum absolute atomic E-state index is 0.594. The molecule has 4 nitrogen and oxygen atoms in total. The summed E-state index contributed by atoms with van der Waals surface area (Å²) in [5.74, 6) is 0.596. The van der Waals surface area contributed by atoms with Crippen LogP contribution >= 0.6 is 11.3 Å². The van der Waals surface area contributed by atoms with E-state index in [1.54, 1.807) is 7.05 Å². The minimum atomic E-state index is -0.966. The Morgan fingerprint density at radius 1 is 1.64 bits per heavy atom. The Morgan fingerprint density at radius 2 is 2.36 bits per heavy atom. The van der Waals surface area contributed by atoms with E-state index in [-0.39, 0.29) is 0 Å². The van der Waals surface area contributed by atoms with Crippen LogP contribution in [0.4, 0.5) is 5.13 Å². The van der Waals surface area contributed by atoms with Crippen molar-refractivity contribution in [2.45, 2.75) is 11.3 Å². The van der Waals surface area contributed by atoms with Crippen molar-refractivity contribution in [2.24, 2.45) is 0 Å². The Bertz CT molecular complexity index is 260. The van der Waals surface area contributed by atoms with Gasteiger partial charge in [-0.3, -0.25) is 4.21 Å². The molecule has 62 valence electrons. The molecule has 1 rings (SSSR count). The molecule has 0 saturated carbocycles. The van der Waals surface area contributed by atoms with E-state index in [1.807, 2.05) is 6.92 Å². The van der Waals surface area contributed by atoms with Crippen molar-refractivity contribution in [3.63, 3.8) is 0 Å². The third kappa shape index (κ3) is 1.97. The Balaban J connectivity index is 2.80. The third-order valence-corrected chi connectivity index (χ3v) is 3.62. The van der Waals surface area contributed by atoms with Gasteiger partial charge in [-0.05, 0) is 0 Å². The van der Waals surface area contributed by atoms with Crippen molar-refractivity contribution in [1.29, 1.82) is 0 Å². The second kappa shape index (κ2) is 3.77. The van der Waals surface area contributed by atoms with Crippen molar-refractivity contribution in [3.8, 4) is 0 Å². The highest BCUT2D eigenvalue weighted by molar-refractivity contribution is 7.87. The van der Waals surface area contributed by atoms with Gasteiger partial charge in [0.2, 0.25) is 9.47 Å². The second-order valence-electron chi connectivity index (χ2n) is 1.76. The maximum absolute atomic E-state index is 11.1. The number of anilines is 1. The molecule has 0 aliphatic heterocycles. The molecule has 1 atom stereocenters. The first-order valence-corrected chi connectivity index (χ1v) is 5.31. The Morgan fingerprint density at radius 3 is 2.82 bits per heavy atom. The van der Waals surface area contributed by atoms with E-state index in [1.165, 1.54) is 11.3 Å². The first-order chi connectivity index (χ1) is 5.27. The Kier molecular flexibility index (Phi) is 2.95. The van der Waals surface area contributed by atoms with E-state index in [0.29, 0.717) is 15.2 Å². The number of nitrogens with zero attached hydrogens (tertiary/aromatic N) is 2. The van der Waals surface area contributed by atoms with Crippen LogP contribution in [0.2, 0.25) is 0 Å². The molecule has 6 heteroatoms. The predicted molar refractivity (Wildman–Crippen MR) is 46.4 cm³/mol. The molecule has 11 heavy (non-hydrogen) atoms. The van der Waals surface area contributed by atoms with Crippen LogP contribution in [-0.2, 0) is 10.8 Å². The highest BCUT2D eigenvalue weighted by Gasteiger charge is 2.07. The average Bonchev–Trinajstić information content (AvgIpc) is 2.50. The van der Waals surface area contributed by atoms with Crippen molar-refractivity contribution >= 4 is 27.3 Å². The summed E-state index contributed by atoms with van der Waals surface area (Å²) in [6.45, 7) is 1.86. The van der Waals surface area contributed by atoms with Gasteiger partial charge >= 0.3 is 0 Å². The molecule has 1 aromatic heterocycles. The number of rotatable bonds is 3. The summed E-state index contributed by atoms with van der Waals surface area (Å²) in [7, 11) is 0.797. The molecule has 1 unspecified atom stereocenters. The second-order valence-corrected chi connectivity index (χ2v) is 4.65. The number of aromatic nitrogens is 2. The van der Waals surface area contributed by atoms with E-state index >= 15 is 0 Å². The van der Waals surface area contributed by atoms with Crippen LogP contribution in [0.1, 0.15) is 6.92 Å². The third-order valence-electron chi connectivity index (χ3n) is 1.08. The van der Waals surface area contributed by atoms with Gasteiger partial charge in [-0.2, -0.15) is 0 Å². The topological polar surface area (TPSA) is 54.9 Å². The lowest BCUT2D eigenvalue weighted by Gasteiger charge is -1.87. The lowest BCUT2D eigenvalue weighted by Crippen LogP contribution is -1.92. The van der Waals surface area contributed by atoms with E-state index in [0.717, 1.165) is 0 Å². The molecular weight excluding hydrogens is 182 g/mol. The number of nitrogens with one attached hydrogen (secondary N) is 1. The summed E-state index contributed by atoms with van der Waals surface area (Å²) >= 11 is 1.33. The van der Waals surface area contributed by atoms with Crippen LogP contribution in [0.15, 0.2) is 4.34 Å². The molecule has 1 aromatic rings. The summed E-state index contributed by atoms with van der Waals surface area (Å²) in [5.41, 5.74) is 0. The van der Waals surface area contributed by atoms with Crippen LogP contribution in [0.5, 0.6) is 0 Å². The van der Waals surface area contributed by atoms with Gasteiger partial charge in [-0.1, -0.05) is 18.3 Å². The molecule has 0 bridgehead atoms. The fraction of sp³-hybridized carbons (Fsp3) is 0.600. The molecule has 0 amide bonds. The molecule has 0 aliphatic rings. The first kappa shape index (κ1) is 8.61. The van der Waals surface area contributed by atoms with Crippen molar-refractivity contribution in [1.82, 2.24) is 10.2 Å². The van der Waals surface area contributed by atoms with Gasteiger partial charge < -0.3 is 5.32 Å². The maximum Gasteiger partial charge on any atom is 0.206 e. The largest absolute Gasteiger partial charge is 0.363 e. The zero-order chi connectivity index (χ0) is 8.27. The quantitative estimate of drug-likeness (QED) is 0.764. The lowest BCUT2D eigenvalue weighted by atomic mass is 11.0. The van der Waals surface area contributed by atoms with Crippen LogP contribution in [-0.4, -0.2) is 27.2 Å². The van der Waals surface area contributed by atoms with Gasteiger partial charge in [0.1, 0.15) is 0 Å². The summed E-state index contributed by atoms with van der Waals surface area (Å²) in [6, 6.07) is 0. The zero-order valence-corrected chi connectivity index (χ0v) is 7.96. The van der Waals surface area contributed by atoms with E-state index in [4.69, 9.17) is 0 Å². The molecule has 0 radical (unpaired) electrons. The van der Waals surface area contributed by atoms with Gasteiger partial charge in [-0.15, -0.1) is 10.2 Å². The molecule has 0 aromatic carbocycles. The van der Waals surface area contributed by atoms with Crippen LogP contribution < -0.4 is 5.32 Å².